The molecule has 4 heteroatoms. The smallest absolute Gasteiger partial charge is 0.330 e. The second-order valence-electron chi connectivity index (χ2n) is 3.47. The molecule has 88 valence electrons. The van der Waals surface area contributed by atoms with E-state index < -0.39 is 11.8 Å². The minimum absolute atomic E-state index is 0.212. The molecule has 0 amide bonds. The molecule has 4 nitrogen and oxygen atoms in total. The number of carbonyl (C=O) groups excluding carboxylic acids is 1. The van der Waals surface area contributed by atoms with Gasteiger partial charge in [-0.3, -0.25) is 0 Å². The van der Waals surface area contributed by atoms with Crippen molar-refractivity contribution >= 4 is 5.97 Å². The van der Waals surface area contributed by atoms with E-state index in [9.17, 15) is 4.79 Å². The summed E-state index contributed by atoms with van der Waals surface area (Å²) in [5.74, 6) is -1.07. The van der Waals surface area contributed by atoms with Crippen LogP contribution in [0.15, 0.2) is 12.7 Å². The lowest BCUT2D eigenvalue weighted by Crippen LogP contribution is -2.30. The second kappa shape index (κ2) is 7.43. The maximum atomic E-state index is 10.7. The van der Waals surface area contributed by atoms with Gasteiger partial charge >= 0.3 is 5.97 Å². The highest BCUT2D eigenvalue weighted by Crippen LogP contribution is 2.10. The van der Waals surface area contributed by atoms with Gasteiger partial charge in [0.15, 0.2) is 5.79 Å². The zero-order valence-corrected chi connectivity index (χ0v) is 9.75. The molecule has 0 N–H and O–H groups in total. The van der Waals surface area contributed by atoms with Crippen LogP contribution in [0.1, 0.15) is 27.2 Å². The topological polar surface area (TPSA) is 44.8 Å². The van der Waals surface area contributed by atoms with Gasteiger partial charge in [0.1, 0.15) is 6.61 Å². The summed E-state index contributed by atoms with van der Waals surface area (Å²) in [6.07, 6.45) is 2.07. The van der Waals surface area contributed by atoms with Crippen molar-refractivity contribution in [1.82, 2.24) is 0 Å². The fourth-order valence-electron chi connectivity index (χ4n) is 0.878. The molecule has 0 radical (unpaired) electrons. The Bertz CT molecular complexity index is 199. The first-order chi connectivity index (χ1) is 7.02. The van der Waals surface area contributed by atoms with Gasteiger partial charge in [0, 0.05) is 12.7 Å². The van der Waals surface area contributed by atoms with Gasteiger partial charge in [-0.1, -0.05) is 13.5 Å². The predicted molar refractivity (Wildman–Crippen MR) is 57.4 cm³/mol. The molecule has 0 saturated heterocycles. The first kappa shape index (κ1) is 14.1. The van der Waals surface area contributed by atoms with Gasteiger partial charge in [-0.05, 0) is 20.3 Å². The van der Waals surface area contributed by atoms with E-state index in [1.54, 1.807) is 0 Å². The molecule has 0 fully saturated rings. The Balaban J connectivity index is 3.56. The van der Waals surface area contributed by atoms with E-state index in [1.165, 1.54) is 0 Å². The molecule has 0 bridgehead atoms. The first-order valence-electron chi connectivity index (χ1n) is 5.09. The van der Waals surface area contributed by atoms with Gasteiger partial charge in [0.2, 0.25) is 0 Å². The highest BCUT2D eigenvalue weighted by molar-refractivity contribution is 5.81. The number of rotatable bonds is 8. The number of hydrogen-bond donors (Lipinski definition) is 0. The van der Waals surface area contributed by atoms with E-state index in [-0.39, 0.29) is 6.61 Å². The Labute approximate surface area is 91.2 Å². The molecular formula is C11H20O4. The standard InChI is InChI=1S/C11H20O4/c1-5-7-14-11(3,4)15-9-8-13-10(12)6-2/h6H,2,5,7-9H2,1,3-4H3. The summed E-state index contributed by atoms with van der Waals surface area (Å²) in [5, 5.41) is 0. The normalized spacial score (nSPS) is 11.1. The largest absolute Gasteiger partial charge is 0.460 e. The molecule has 0 aromatic rings. The fraction of sp³-hybridized carbons (Fsp3) is 0.727. The predicted octanol–water partition coefficient (Wildman–Crippen LogP) is 1.89. The summed E-state index contributed by atoms with van der Waals surface area (Å²) in [7, 11) is 0. The van der Waals surface area contributed by atoms with Crippen LogP contribution in [0, 0.1) is 0 Å². The summed E-state index contributed by atoms with van der Waals surface area (Å²) in [6, 6.07) is 0. The van der Waals surface area contributed by atoms with Crippen molar-refractivity contribution in [3.8, 4) is 0 Å². The molecule has 0 saturated carbocycles. The quantitative estimate of drug-likeness (QED) is 0.269. The Morgan fingerprint density at radius 3 is 2.40 bits per heavy atom. The van der Waals surface area contributed by atoms with Crippen LogP contribution >= 0.6 is 0 Å². The number of hydrogen-bond acceptors (Lipinski definition) is 4. The Hall–Kier alpha value is -0.870. The summed E-state index contributed by atoms with van der Waals surface area (Å²) < 4.78 is 15.6. The molecule has 0 aliphatic carbocycles. The molecule has 0 heterocycles. The zero-order valence-electron chi connectivity index (χ0n) is 9.75. The van der Waals surface area contributed by atoms with Crippen LogP contribution in [-0.2, 0) is 19.0 Å². The minimum Gasteiger partial charge on any atom is -0.460 e. The average molecular weight is 216 g/mol. The van der Waals surface area contributed by atoms with Crippen LogP contribution in [0.25, 0.3) is 0 Å². The van der Waals surface area contributed by atoms with E-state index in [4.69, 9.17) is 14.2 Å². The van der Waals surface area contributed by atoms with Gasteiger partial charge in [-0.2, -0.15) is 0 Å². The van der Waals surface area contributed by atoms with E-state index in [2.05, 4.69) is 6.58 Å². The number of esters is 1. The van der Waals surface area contributed by atoms with Gasteiger partial charge < -0.3 is 14.2 Å². The van der Waals surface area contributed by atoms with Crippen LogP contribution < -0.4 is 0 Å². The van der Waals surface area contributed by atoms with Crippen molar-refractivity contribution in [3.05, 3.63) is 12.7 Å². The second-order valence-corrected chi connectivity index (χ2v) is 3.47. The molecule has 0 atom stereocenters. The highest BCUT2D eigenvalue weighted by Gasteiger charge is 2.17. The molecule has 15 heavy (non-hydrogen) atoms. The van der Waals surface area contributed by atoms with Crippen molar-refractivity contribution in [2.45, 2.75) is 33.0 Å². The fourth-order valence-corrected chi connectivity index (χ4v) is 0.878. The first-order valence-corrected chi connectivity index (χ1v) is 5.09. The monoisotopic (exact) mass is 216 g/mol. The summed E-state index contributed by atoms with van der Waals surface area (Å²) >= 11 is 0. The Kier molecular flexibility index (Phi) is 6.99. The maximum absolute atomic E-state index is 10.7. The van der Waals surface area contributed by atoms with Crippen molar-refractivity contribution < 1.29 is 19.0 Å². The van der Waals surface area contributed by atoms with Crippen LogP contribution in [0.5, 0.6) is 0 Å². The number of ether oxygens (including phenoxy) is 3. The van der Waals surface area contributed by atoms with Crippen LogP contribution in [-0.4, -0.2) is 31.6 Å². The lowest BCUT2D eigenvalue weighted by Gasteiger charge is -2.25. The third kappa shape index (κ3) is 8.15. The van der Waals surface area contributed by atoms with Crippen LogP contribution in [0.2, 0.25) is 0 Å². The maximum Gasteiger partial charge on any atom is 0.330 e. The summed E-state index contributed by atoms with van der Waals surface area (Å²) in [6.45, 7) is 10.2. The van der Waals surface area contributed by atoms with E-state index in [0.717, 1.165) is 12.5 Å². The van der Waals surface area contributed by atoms with Gasteiger partial charge in [0.05, 0.1) is 6.61 Å². The summed E-state index contributed by atoms with van der Waals surface area (Å²) in [5.41, 5.74) is 0. The third-order valence-corrected chi connectivity index (χ3v) is 1.60. The SMILES string of the molecule is C=CC(=O)OCCOC(C)(C)OCCC. The lowest BCUT2D eigenvalue weighted by molar-refractivity contribution is -0.218. The van der Waals surface area contributed by atoms with E-state index in [0.29, 0.717) is 13.2 Å². The van der Waals surface area contributed by atoms with Crippen molar-refractivity contribution in [2.24, 2.45) is 0 Å². The van der Waals surface area contributed by atoms with E-state index >= 15 is 0 Å². The van der Waals surface area contributed by atoms with Gasteiger partial charge in [0.25, 0.3) is 0 Å². The Morgan fingerprint density at radius 1 is 1.27 bits per heavy atom. The average Bonchev–Trinajstić information content (AvgIpc) is 2.21. The van der Waals surface area contributed by atoms with Gasteiger partial charge in [-0.25, -0.2) is 4.79 Å². The molecular weight excluding hydrogens is 196 g/mol. The van der Waals surface area contributed by atoms with Crippen molar-refractivity contribution in [1.29, 1.82) is 0 Å². The molecule has 0 aromatic heterocycles. The highest BCUT2D eigenvalue weighted by atomic mass is 16.7. The lowest BCUT2D eigenvalue weighted by atomic mass is 10.4. The summed E-state index contributed by atoms with van der Waals surface area (Å²) in [4.78, 5) is 10.7. The molecule has 0 unspecified atom stereocenters. The van der Waals surface area contributed by atoms with Crippen LogP contribution in [0.4, 0.5) is 0 Å². The van der Waals surface area contributed by atoms with Gasteiger partial charge in [-0.15, -0.1) is 0 Å². The Morgan fingerprint density at radius 2 is 1.87 bits per heavy atom. The molecule has 0 aromatic carbocycles. The third-order valence-electron chi connectivity index (χ3n) is 1.60. The van der Waals surface area contributed by atoms with Crippen molar-refractivity contribution in [2.75, 3.05) is 19.8 Å². The molecule has 0 aliphatic rings. The molecule has 0 aliphatic heterocycles. The molecule has 0 spiro atoms. The minimum atomic E-state index is -0.628. The van der Waals surface area contributed by atoms with E-state index in [1.807, 2.05) is 20.8 Å². The zero-order chi connectivity index (χ0) is 11.7. The van der Waals surface area contributed by atoms with Crippen molar-refractivity contribution in [3.63, 3.8) is 0 Å². The molecule has 0 rings (SSSR count). The van der Waals surface area contributed by atoms with Crippen LogP contribution in [0.3, 0.4) is 0 Å². The number of carbonyl (C=O) groups is 1.